The summed E-state index contributed by atoms with van der Waals surface area (Å²) in [5.74, 6) is 0. The lowest BCUT2D eigenvalue weighted by molar-refractivity contribution is 0.0849. The SMILES string of the molecule is CCN(CC1CCCO1)C(=O)Nc1cccc(C(C)O)c1. The highest BCUT2D eigenvalue weighted by atomic mass is 16.5. The van der Waals surface area contributed by atoms with Gasteiger partial charge in [0.05, 0.1) is 12.2 Å². The monoisotopic (exact) mass is 292 g/mol. The average molecular weight is 292 g/mol. The first-order chi connectivity index (χ1) is 10.1. The second kappa shape index (κ2) is 7.43. The van der Waals surface area contributed by atoms with Crippen LogP contribution in [0.25, 0.3) is 0 Å². The molecule has 1 aliphatic heterocycles. The molecule has 2 rings (SSSR count). The number of amides is 2. The molecule has 0 bridgehead atoms. The number of hydrogen-bond acceptors (Lipinski definition) is 3. The van der Waals surface area contributed by atoms with E-state index in [1.807, 2.05) is 25.1 Å². The van der Waals surface area contributed by atoms with Crippen molar-refractivity contribution >= 4 is 11.7 Å². The predicted molar refractivity (Wildman–Crippen MR) is 82.3 cm³/mol. The maximum atomic E-state index is 12.3. The van der Waals surface area contributed by atoms with Crippen molar-refractivity contribution < 1.29 is 14.6 Å². The molecule has 21 heavy (non-hydrogen) atoms. The standard InChI is InChI=1S/C16H24N2O3/c1-3-18(11-15-8-5-9-21-15)16(20)17-14-7-4-6-13(10-14)12(2)19/h4,6-7,10,12,15,19H,3,5,8-9,11H2,1-2H3,(H,17,20). The fraction of sp³-hybridized carbons (Fsp3) is 0.562. The predicted octanol–water partition coefficient (Wildman–Crippen LogP) is 2.77. The molecule has 2 atom stereocenters. The van der Waals surface area contributed by atoms with Crippen molar-refractivity contribution in [2.75, 3.05) is 25.0 Å². The van der Waals surface area contributed by atoms with Gasteiger partial charge >= 0.3 is 6.03 Å². The minimum atomic E-state index is -0.545. The van der Waals surface area contributed by atoms with Gasteiger partial charge in [-0.05, 0) is 44.4 Å². The fourth-order valence-corrected chi connectivity index (χ4v) is 2.47. The first kappa shape index (κ1) is 15.8. The van der Waals surface area contributed by atoms with Crippen LogP contribution in [0, 0.1) is 0 Å². The number of carbonyl (C=O) groups excluding carboxylic acids is 1. The minimum Gasteiger partial charge on any atom is -0.389 e. The number of nitrogens with zero attached hydrogens (tertiary/aromatic N) is 1. The van der Waals surface area contributed by atoms with Crippen molar-refractivity contribution in [1.82, 2.24) is 4.90 Å². The van der Waals surface area contributed by atoms with E-state index in [1.54, 1.807) is 17.9 Å². The Bertz CT molecular complexity index is 470. The van der Waals surface area contributed by atoms with E-state index in [-0.39, 0.29) is 12.1 Å². The summed E-state index contributed by atoms with van der Waals surface area (Å²) < 4.78 is 5.58. The summed E-state index contributed by atoms with van der Waals surface area (Å²) in [6.07, 6.45) is 1.69. The molecular weight excluding hydrogens is 268 g/mol. The Labute approximate surface area is 125 Å². The van der Waals surface area contributed by atoms with Crippen LogP contribution in [0.1, 0.15) is 38.4 Å². The van der Waals surface area contributed by atoms with Gasteiger partial charge in [0.2, 0.25) is 0 Å². The van der Waals surface area contributed by atoms with Gasteiger partial charge in [-0.1, -0.05) is 12.1 Å². The molecule has 2 N–H and O–H groups in total. The normalized spacial score (nSPS) is 19.3. The van der Waals surface area contributed by atoms with Crippen LogP contribution in [0.2, 0.25) is 0 Å². The van der Waals surface area contributed by atoms with Crippen LogP contribution in [-0.2, 0) is 4.74 Å². The Kier molecular flexibility index (Phi) is 5.59. The zero-order valence-corrected chi connectivity index (χ0v) is 12.7. The number of likely N-dealkylation sites (N-methyl/N-ethyl adjacent to an activating group) is 1. The summed E-state index contributed by atoms with van der Waals surface area (Å²) in [7, 11) is 0. The maximum Gasteiger partial charge on any atom is 0.321 e. The Morgan fingerprint density at radius 1 is 1.57 bits per heavy atom. The van der Waals surface area contributed by atoms with Gasteiger partial charge in [0.15, 0.2) is 0 Å². The van der Waals surface area contributed by atoms with Crippen molar-refractivity contribution in [3.8, 4) is 0 Å². The number of aliphatic hydroxyl groups excluding tert-OH is 1. The molecule has 0 aliphatic carbocycles. The summed E-state index contributed by atoms with van der Waals surface area (Å²) in [6.45, 7) is 5.72. The minimum absolute atomic E-state index is 0.129. The molecule has 0 spiro atoms. The molecule has 1 aromatic rings. The molecule has 0 aromatic heterocycles. The number of nitrogens with one attached hydrogen (secondary N) is 1. The average Bonchev–Trinajstić information content (AvgIpc) is 2.97. The molecule has 5 nitrogen and oxygen atoms in total. The zero-order chi connectivity index (χ0) is 15.2. The number of benzene rings is 1. The lowest BCUT2D eigenvalue weighted by Crippen LogP contribution is -2.39. The molecule has 116 valence electrons. The molecule has 1 aliphatic rings. The van der Waals surface area contributed by atoms with Crippen molar-refractivity contribution in [1.29, 1.82) is 0 Å². The van der Waals surface area contributed by atoms with Gasteiger partial charge in [0, 0.05) is 25.4 Å². The Morgan fingerprint density at radius 3 is 3.00 bits per heavy atom. The fourth-order valence-electron chi connectivity index (χ4n) is 2.47. The summed E-state index contributed by atoms with van der Waals surface area (Å²) in [6, 6.07) is 7.15. The first-order valence-electron chi connectivity index (χ1n) is 7.55. The highest BCUT2D eigenvalue weighted by Crippen LogP contribution is 2.18. The van der Waals surface area contributed by atoms with E-state index >= 15 is 0 Å². The number of urea groups is 1. The van der Waals surface area contributed by atoms with E-state index in [0.29, 0.717) is 18.8 Å². The van der Waals surface area contributed by atoms with Gasteiger partial charge < -0.3 is 20.1 Å². The number of ether oxygens (including phenoxy) is 1. The van der Waals surface area contributed by atoms with Gasteiger partial charge in [-0.25, -0.2) is 4.79 Å². The number of aliphatic hydroxyl groups is 1. The molecule has 1 aromatic carbocycles. The lowest BCUT2D eigenvalue weighted by Gasteiger charge is -2.24. The van der Waals surface area contributed by atoms with Crippen LogP contribution in [0.15, 0.2) is 24.3 Å². The molecule has 2 unspecified atom stereocenters. The van der Waals surface area contributed by atoms with Gasteiger partial charge in [0.25, 0.3) is 0 Å². The van der Waals surface area contributed by atoms with Gasteiger partial charge in [-0.15, -0.1) is 0 Å². The van der Waals surface area contributed by atoms with Crippen LogP contribution < -0.4 is 5.32 Å². The topological polar surface area (TPSA) is 61.8 Å². The Hall–Kier alpha value is -1.59. The molecule has 1 heterocycles. The third kappa shape index (κ3) is 4.44. The molecule has 2 amide bonds. The van der Waals surface area contributed by atoms with Crippen LogP contribution in [-0.4, -0.2) is 41.8 Å². The van der Waals surface area contributed by atoms with E-state index < -0.39 is 6.10 Å². The number of rotatable bonds is 5. The van der Waals surface area contributed by atoms with E-state index in [1.165, 1.54) is 0 Å². The van der Waals surface area contributed by atoms with Gasteiger partial charge in [0.1, 0.15) is 0 Å². The van der Waals surface area contributed by atoms with E-state index in [0.717, 1.165) is 25.0 Å². The maximum absolute atomic E-state index is 12.3. The van der Waals surface area contributed by atoms with Gasteiger partial charge in [-0.3, -0.25) is 0 Å². The number of anilines is 1. The van der Waals surface area contributed by atoms with Crippen molar-refractivity contribution in [3.63, 3.8) is 0 Å². The zero-order valence-electron chi connectivity index (χ0n) is 12.7. The third-order valence-corrected chi connectivity index (χ3v) is 3.74. The van der Waals surface area contributed by atoms with Crippen molar-refractivity contribution in [2.24, 2.45) is 0 Å². The summed E-state index contributed by atoms with van der Waals surface area (Å²) in [5, 5.41) is 12.5. The van der Waals surface area contributed by atoms with Crippen LogP contribution in [0.3, 0.4) is 0 Å². The number of carbonyl (C=O) groups is 1. The second-order valence-corrected chi connectivity index (χ2v) is 5.41. The number of hydrogen-bond donors (Lipinski definition) is 2. The first-order valence-corrected chi connectivity index (χ1v) is 7.55. The molecule has 0 radical (unpaired) electrons. The highest BCUT2D eigenvalue weighted by molar-refractivity contribution is 5.89. The molecule has 1 fully saturated rings. The Balaban J connectivity index is 1.96. The van der Waals surface area contributed by atoms with Crippen LogP contribution in [0.4, 0.5) is 10.5 Å². The highest BCUT2D eigenvalue weighted by Gasteiger charge is 2.21. The summed E-state index contributed by atoms with van der Waals surface area (Å²) in [5.41, 5.74) is 1.49. The summed E-state index contributed by atoms with van der Waals surface area (Å²) in [4.78, 5) is 14.1. The lowest BCUT2D eigenvalue weighted by atomic mass is 10.1. The van der Waals surface area contributed by atoms with E-state index in [2.05, 4.69) is 5.32 Å². The van der Waals surface area contributed by atoms with E-state index in [4.69, 9.17) is 4.74 Å². The van der Waals surface area contributed by atoms with Gasteiger partial charge in [-0.2, -0.15) is 0 Å². The van der Waals surface area contributed by atoms with Crippen molar-refractivity contribution in [2.45, 2.75) is 38.9 Å². The smallest absolute Gasteiger partial charge is 0.321 e. The largest absolute Gasteiger partial charge is 0.389 e. The summed E-state index contributed by atoms with van der Waals surface area (Å²) >= 11 is 0. The third-order valence-electron chi connectivity index (χ3n) is 3.74. The second-order valence-electron chi connectivity index (χ2n) is 5.41. The van der Waals surface area contributed by atoms with Crippen LogP contribution in [0.5, 0.6) is 0 Å². The molecule has 0 saturated carbocycles. The molecule has 5 heteroatoms. The molecular formula is C16H24N2O3. The van der Waals surface area contributed by atoms with Crippen molar-refractivity contribution in [3.05, 3.63) is 29.8 Å². The quantitative estimate of drug-likeness (QED) is 0.877. The van der Waals surface area contributed by atoms with E-state index in [9.17, 15) is 9.90 Å². The van der Waals surface area contributed by atoms with Crippen LogP contribution >= 0.6 is 0 Å². The Morgan fingerprint density at radius 2 is 2.38 bits per heavy atom. The molecule has 1 saturated heterocycles.